The Bertz CT molecular complexity index is 1410. The summed E-state index contributed by atoms with van der Waals surface area (Å²) < 4.78 is 55.5. The molecular formula is C23H22F4N10O2. The zero-order chi connectivity index (χ0) is 27.8. The number of carbonyl (C=O) groups is 2. The molecule has 12 nitrogen and oxygen atoms in total. The molecule has 0 bridgehead atoms. The molecule has 1 unspecified atom stereocenters. The highest BCUT2D eigenvalue weighted by Crippen LogP contribution is 2.28. The first-order chi connectivity index (χ1) is 18.7. The number of hydrogen-bond donors (Lipinski definition) is 2. The molecule has 0 fully saturated rings. The molecule has 2 amide bonds. The molecule has 4 aromatic heterocycles. The van der Waals surface area contributed by atoms with Crippen LogP contribution in [0.1, 0.15) is 33.9 Å². The maximum atomic E-state index is 14.5. The highest BCUT2D eigenvalue weighted by molar-refractivity contribution is 5.91. The van der Waals surface area contributed by atoms with Gasteiger partial charge in [0.2, 0.25) is 5.91 Å². The largest absolute Gasteiger partial charge is 0.416 e. The van der Waals surface area contributed by atoms with Crippen molar-refractivity contribution >= 4 is 17.6 Å². The zero-order valence-corrected chi connectivity index (χ0v) is 20.2. The number of alkyl halides is 4. The molecule has 204 valence electrons. The van der Waals surface area contributed by atoms with E-state index in [1.165, 1.54) is 21.8 Å². The van der Waals surface area contributed by atoms with E-state index in [9.17, 15) is 27.2 Å². The number of carbonyl (C=O) groups excluding carboxylic acids is 2. The number of pyridine rings is 2. The molecule has 0 saturated carbocycles. The topological polar surface area (TPSA) is 145 Å². The second-order valence-corrected chi connectivity index (χ2v) is 8.34. The number of aryl methyl sites for hydroxylation is 1. The van der Waals surface area contributed by atoms with Gasteiger partial charge in [0.25, 0.3) is 5.91 Å². The van der Waals surface area contributed by atoms with Crippen molar-refractivity contribution in [1.29, 1.82) is 0 Å². The standard InChI is InChI=1S/C23H22F4N10O2/c24-16(12-37-14-20(33-35-37)31-21(38)10-17-3-1-2-6-28-17)5-8-36-13-19(32-34-36)22(39)30-11-18-9-15(4-7-29-18)23(25,26)27/h1-4,6-7,9,13-14,16H,5,8,10-12H2,(H,30,39)(H,31,38). The van der Waals surface area contributed by atoms with Crippen LogP contribution in [0.3, 0.4) is 0 Å². The van der Waals surface area contributed by atoms with Gasteiger partial charge in [-0.3, -0.25) is 24.2 Å². The van der Waals surface area contributed by atoms with Crippen LogP contribution in [0.2, 0.25) is 0 Å². The van der Waals surface area contributed by atoms with Crippen molar-refractivity contribution in [2.24, 2.45) is 0 Å². The van der Waals surface area contributed by atoms with Gasteiger partial charge in [-0.15, -0.1) is 10.2 Å². The van der Waals surface area contributed by atoms with Gasteiger partial charge in [-0.2, -0.15) is 13.2 Å². The molecule has 4 heterocycles. The quantitative estimate of drug-likeness (QED) is 0.273. The fourth-order valence-electron chi connectivity index (χ4n) is 3.39. The minimum Gasteiger partial charge on any atom is -0.345 e. The van der Waals surface area contributed by atoms with Crippen molar-refractivity contribution in [3.8, 4) is 0 Å². The fourth-order valence-corrected chi connectivity index (χ4v) is 3.39. The molecule has 0 aliphatic rings. The Morgan fingerprint density at radius 3 is 2.54 bits per heavy atom. The van der Waals surface area contributed by atoms with Gasteiger partial charge in [0, 0.05) is 31.1 Å². The third kappa shape index (κ3) is 8.11. The Hall–Kier alpha value is -4.76. The molecule has 0 aliphatic heterocycles. The lowest BCUT2D eigenvalue weighted by Gasteiger charge is -2.08. The number of aromatic nitrogens is 8. The number of nitrogens with one attached hydrogen (secondary N) is 2. The summed E-state index contributed by atoms with van der Waals surface area (Å²) in [7, 11) is 0. The van der Waals surface area contributed by atoms with Crippen molar-refractivity contribution in [2.45, 2.75) is 44.8 Å². The van der Waals surface area contributed by atoms with Gasteiger partial charge in [0.1, 0.15) is 6.17 Å². The molecule has 0 aromatic carbocycles. The fraction of sp³-hybridized carbons (Fsp3) is 0.304. The monoisotopic (exact) mass is 546 g/mol. The first-order valence-electron chi connectivity index (χ1n) is 11.6. The van der Waals surface area contributed by atoms with E-state index in [0.29, 0.717) is 5.69 Å². The second kappa shape index (κ2) is 12.2. The van der Waals surface area contributed by atoms with E-state index in [1.807, 2.05) is 0 Å². The number of rotatable bonds is 11. The van der Waals surface area contributed by atoms with E-state index < -0.39 is 23.8 Å². The number of hydrogen-bond acceptors (Lipinski definition) is 8. The van der Waals surface area contributed by atoms with Gasteiger partial charge in [-0.1, -0.05) is 16.5 Å². The van der Waals surface area contributed by atoms with E-state index in [2.05, 4.69) is 41.2 Å². The van der Waals surface area contributed by atoms with Crippen LogP contribution in [0, 0.1) is 0 Å². The second-order valence-electron chi connectivity index (χ2n) is 8.34. The summed E-state index contributed by atoms with van der Waals surface area (Å²) in [6, 6.07) is 6.90. The molecule has 2 N–H and O–H groups in total. The lowest BCUT2D eigenvalue weighted by molar-refractivity contribution is -0.137. The lowest BCUT2D eigenvalue weighted by Crippen LogP contribution is -2.24. The normalized spacial score (nSPS) is 12.2. The minimum atomic E-state index is -4.52. The number of nitrogens with zero attached hydrogens (tertiary/aromatic N) is 8. The van der Waals surface area contributed by atoms with Crippen LogP contribution in [0.25, 0.3) is 0 Å². The first kappa shape index (κ1) is 27.3. The molecule has 0 spiro atoms. The van der Waals surface area contributed by atoms with Crippen LogP contribution >= 0.6 is 0 Å². The number of amides is 2. The Morgan fingerprint density at radius 2 is 1.77 bits per heavy atom. The lowest BCUT2D eigenvalue weighted by atomic mass is 10.2. The minimum absolute atomic E-state index is 0.0137. The van der Waals surface area contributed by atoms with E-state index in [4.69, 9.17) is 0 Å². The Balaban J connectivity index is 1.20. The highest BCUT2D eigenvalue weighted by atomic mass is 19.4. The molecule has 1 atom stereocenters. The van der Waals surface area contributed by atoms with Gasteiger partial charge >= 0.3 is 6.18 Å². The molecular weight excluding hydrogens is 524 g/mol. The predicted molar refractivity (Wildman–Crippen MR) is 127 cm³/mol. The smallest absolute Gasteiger partial charge is 0.345 e. The van der Waals surface area contributed by atoms with Crippen molar-refractivity contribution in [3.05, 3.63) is 77.8 Å². The SMILES string of the molecule is O=C(Cc1ccccn1)Nc1cn(CC(F)CCn2cc(C(=O)NCc3cc(C(F)(F)F)ccn3)nn2)nn1. The summed E-state index contributed by atoms with van der Waals surface area (Å²) in [5.41, 5.74) is -0.344. The molecule has 39 heavy (non-hydrogen) atoms. The van der Waals surface area contributed by atoms with Crippen LogP contribution in [0.15, 0.2) is 55.1 Å². The summed E-state index contributed by atoms with van der Waals surface area (Å²) in [5.74, 6) is -0.831. The Labute approximate surface area is 218 Å². The van der Waals surface area contributed by atoms with E-state index in [-0.39, 0.29) is 55.6 Å². The van der Waals surface area contributed by atoms with Crippen LogP contribution in [-0.4, -0.2) is 57.9 Å². The van der Waals surface area contributed by atoms with Crippen LogP contribution in [0.5, 0.6) is 0 Å². The predicted octanol–water partition coefficient (Wildman–Crippen LogP) is 2.22. The third-order valence-electron chi connectivity index (χ3n) is 5.28. The summed E-state index contributed by atoms with van der Waals surface area (Å²) in [5, 5.41) is 20.1. The Kier molecular flexibility index (Phi) is 8.53. The van der Waals surface area contributed by atoms with E-state index in [0.717, 1.165) is 18.3 Å². The average molecular weight is 546 g/mol. The molecule has 0 aliphatic carbocycles. The molecule has 4 aromatic rings. The maximum Gasteiger partial charge on any atom is 0.416 e. The number of anilines is 1. The maximum absolute atomic E-state index is 14.5. The van der Waals surface area contributed by atoms with Gasteiger partial charge < -0.3 is 10.6 Å². The van der Waals surface area contributed by atoms with Gasteiger partial charge in [0.15, 0.2) is 11.5 Å². The molecule has 4 rings (SSSR count). The van der Waals surface area contributed by atoms with Crippen LogP contribution in [-0.2, 0) is 37.0 Å². The van der Waals surface area contributed by atoms with Gasteiger partial charge in [-0.25, -0.2) is 9.07 Å². The van der Waals surface area contributed by atoms with Crippen molar-refractivity contribution in [3.63, 3.8) is 0 Å². The van der Waals surface area contributed by atoms with E-state index in [1.54, 1.807) is 24.4 Å². The zero-order valence-electron chi connectivity index (χ0n) is 20.2. The van der Waals surface area contributed by atoms with Crippen LogP contribution in [0.4, 0.5) is 23.4 Å². The molecule has 0 radical (unpaired) electrons. The summed E-state index contributed by atoms with van der Waals surface area (Å²) in [6.07, 6.45) is -0.514. The van der Waals surface area contributed by atoms with Crippen molar-refractivity contribution in [1.82, 2.24) is 45.3 Å². The number of halogens is 4. The van der Waals surface area contributed by atoms with Gasteiger partial charge in [-0.05, 0) is 24.3 Å². The van der Waals surface area contributed by atoms with Gasteiger partial charge in [0.05, 0.1) is 43.2 Å². The first-order valence-corrected chi connectivity index (χ1v) is 11.6. The molecule has 0 saturated heterocycles. The van der Waals surface area contributed by atoms with E-state index >= 15 is 0 Å². The summed E-state index contributed by atoms with van der Waals surface area (Å²) in [4.78, 5) is 32.2. The third-order valence-corrected chi connectivity index (χ3v) is 5.28. The van der Waals surface area contributed by atoms with Crippen molar-refractivity contribution in [2.75, 3.05) is 5.32 Å². The molecule has 16 heteroatoms. The summed E-state index contributed by atoms with van der Waals surface area (Å²) >= 11 is 0. The highest BCUT2D eigenvalue weighted by Gasteiger charge is 2.30. The summed E-state index contributed by atoms with van der Waals surface area (Å²) in [6.45, 7) is -0.278. The Morgan fingerprint density at radius 1 is 0.974 bits per heavy atom. The van der Waals surface area contributed by atoms with Crippen LogP contribution < -0.4 is 10.6 Å². The average Bonchev–Trinajstić information content (AvgIpc) is 3.56. The van der Waals surface area contributed by atoms with Crippen molar-refractivity contribution < 1.29 is 27.2 Å².